The van der Waals surface area contributed by atoms with E-state index < -0.39 is 23.1 Å². The summed E-state index contributed by atoms with van der Waals surface area (Å²) in [4.78, 5) is 28.1. The van der Waals surface area contributed by atoms with E-state index in [9.17, 15) is 9.59 Å². The molecule has 0 spiro atoms. The molecule has 1 fully saturated rings. The van der Waals surface area contributed by atoms with E-state index in [0.717, 1.165) is 35.1 Å². The second-order valence-electron chi connectivity index (χ2n) is 14.0. The summed E-state index contributed by atoms with van der Waals surface area (Å²) in [5.74, 6) is -0.419. The summed E-state index contributed by atoms with van der Waals surface area (Å²) < 4.78 is 37.0. The fraction of sp³-hybridized carbons (Fsp3) is 0.348. The molecule has 280 valence electrons. The maximum Gasteiger partial charge on any atom is 0.337 e. The molecule has 0 bridgehead atoms. The van der Waals surface area contributed by atoms with Crippen molar-refractivity contribution in [3.8, 4) is 0 Å². The number of esters is 2. The Labute approximate surface area is 317 Å². The van der Waals surface area contributed by atoms with Crippen molar-refractivity contribution in [1.82, 2.24) is 0 Å². The molecule has 0 N–H and O–H groups in total. The summed E-state index contributed by atoms with van der Waals surface area (Å²) in [5, 5.41) is 0. The smallest absolute Gasteiger partial charge is 0.337 e. The Kier molecular flexibility index (Phi) is 11.6. The predicted molar refractivity (Wildman–Crippen MR) is 204 cm³/mol. The van der Waals surface area contributed by atoms with Gasteiger partial charge in [0.1, 0.15) is 24.7 Å². The van der Waals surface area contributed by atoms with Gasteiger partial charge >= 0.3 is 11.9 Å². The highest BCUT2D eigenvalue weighted by Crippen LogP contribution is 2.55. The molecular formula is C46H48O8. The third-order valence-corrected chi connectivity index (χ3v) is 10.8. The highest BCUT2D eigenvalue weighted by atomic mass is 16.6. The third kappa shape index (κ3) is 7.20. The minimum Gasteiger partial charge on any atom is -0.481 e. The molecule has 0 aliphatic carbocycles. The van der Waals surface area contributed by atoms with E-state index in [1.807, 2.05) is 86.6 Å². The molecule has 54 heavy (non-hydrogen) atoms. The molecule has 0 amide bonds. The Bertz CT molecular complexity index is 1720. The fourth-order valence-corrected chi connectivity index (χ4v) is 8.58. The standard InChI is InChI=1S/C46H48O8/c1-33-41-39(45(53-33,35-17-7-3-8-18-35)36-19-9-4-10-20-36)25-15-16-26-40-42(44(48)52-32-30-50-28-27-49-29-31-51-43(41)47)34(2)54-46(40,37-21-11-5-12-22-37)38-23-13-6-14-24-38/h3-14,17-24,39-40H,15-16,25-32H2,1-2H3. The average Bonchev–Trinajstić information content (AvgIpc) is 3.69. The molecule has 0 aromatic heterocycles. The summed E-state index contributed by atoms with van der Waals surface area (Å²) in [6.45, 7) is 4.98. The maximum absolute atomic E-state index is 14.0. The topological polar surface area (TPSA) is 89.5 Å². The number of hydrogen-bond donors (Lipinski definition) is 0. The number of benzene rings is 4. The monoisotopic (exact) mass is 728 g/mol. The first-order valence-electron chi connectivity index (χ1n) is 19.0. The lowest BCUT2D eigenvalue weighted by molar-refractivity contribution is -0.143. The predicted octanol–water partition coefficient (Wildman–Crippen LogP) is 8.41. The van der Waals surface area contributed by atoms with E-state index in [2.05, 4.69) is 48.5 Å². The van der Waals surface area contributed by atoms with Gasteiger partial charge in [0, 0.05) is 34.1 Å². The van der Waals surface area contributed by atoms with Crippen molar-refractivity contribution in [2.75, 3.05) is 39.6 Å². The van der Waals surface area contributed by atoms with Gasteiger partial charge in [-0.15, -0.1) is 0 Å². The van der Waals surface area contributed by atoms with Crippen LogP contribution in [0.4, 0.5) is 0 Å². The Hall–Kier alpha value is -5.18. The first kappa shape index (κ1) is 37.1. The molecule has 0 saturated carbocycles. The maximum atomic E-state index is 14.0. The van der Waals surface area contributed by atoms with Crippen LogP contribution >= 0.6 is 0 Å². The minimum atomic E-state index is -0.953. The van der Waals surface area contributed by atoms with Gasteiger partial charge in [-0.3, -0.25) is 0 Å². The van der Waals surface area contributed by atoms with E-state index in [4.69, 9.17) is 28.4 Å². The van der Waals surface area contributed by atoms with E-state index in [1.165, 1.54) is 0 Å². The molecule has 8 nitrogen and oxygen atoms in total. The van der Waals surface area contributed by atoms with Crippen LogP contribution in [0.3, 0.4) is 0 Å². The van der Waals surface area contributed by atoms with Crippen LogP contribution in [-0.4, -0.2) is 51.6 Å². The van der Waals surface area contributed by atoms with E-state index in [0.29, 0.717) is 48.7 Å². The lowest BCUT2D eigenvalue weighted by Gasteiger charge is -2.38. The number of carbonyl (C=O) groups is 2. The van der Waals surface area contributed by atoms with Crippen LogP contribution in [0.2, 0.25) is 0 Å². The molecule has 0 radical (unpaired) electrons. The second-order valence-corrected chi connectivity index (χ2v) is 14.0. The number of fused-ring (bicyclic) bond motifs is 2. The number of rotatable bonds is 4. The highest BCUT2D eigenvalue weighted by Gasteiger charge is 2.55. The number of hydrogen-bond acceptors (Lipinski definition) is 8. The third-order valence-electron chi connectivity index (χ3n) is 10.8. The van der Waals surface area contributed by atoms with Gasteiger partial charge in [-0.25, -0.2) is 9.59 Å². The Morgan fingerprint density at radius 1 is 0.444 bits per heavy atom. The Morgan fingerprint density at radius 3 is 1.06 bits per heavy atom. The van der Waals surface area contributed by atoms with Crippen molar-refractivity contribution < 1.29 is 38.0 Å². The van der Waals surface area contributed by atoms with Crippen LogP contribution in [0, 0.1) is 11.8 Å². The molecule has 7 rings (SSSR count). The first-order valence-corrected chi connectivity index (χ1v) is 19.0. The summed E-state index contributed by atoms with van der Waals surface area (Å²) in [7, 11) is 0. The number of allylic oxidation sites excluding steroid dienone is 2. The molecule has 8 heteroatoms. The quantitative estimate of drug-likeness (QED) is 0.194. The highest BCUT2D eigenvalue weighted by molar-refractivity contribution is 5.91. The van der Waals surface area contributed by atoms with E-state index >= 15 is 0 Å². The first-order chi connectivity index (χ1) is 26.5. The van der Waals surface area contributed by atoms with Crippen molar-refractivity contribution in [3.05, 3.63) is 166 Å². The van der Waals surface area contributed by atoms with Gasteiger partial charge in [0.05, 0.1) is 37.6 Å². The molecule has 3 heterocycles. The zero-order valence-electron chi connectivity index (χ0n) is 31.0. The minimum absolute atomic E-state index is 0.0980. The van der Waals surface area contributed by atoms with Crippen molar-refractivity contribution >= 4 is 11.9 Å². The summed E-state index contributed by atoms with van der Waals surface area (Å²) >= 11 is 0. The van der Waals surface area contributed by atoms with Crippen LogP contribution in [0.5, 0.6) is 0 Å². The Balaban J connectivity index is 1.28. The van der Waals surface area contributed by atoms with Crippen molar-refractivity contribution in [1.29, 1.82) is 0 Å². The number of carbonyl (C=O) groups excluding carboxylic acids is 2. The lowest BCUT2D eigenvalue weighted by atomic mass is 9.70. The number of ether oxygens (including phenoxy) is 6. The lowest BCUT2D eigenvalue weighted by Crippen LogP contribution is -2.38. The summed E-state index contributed by atoms with van der Waals surface area (Å²) in [6, 6.07) is 40.5. The average molecular weight is 729 g/mol. The molecule has 1 saturated heterocycles. The van der Waals surface area contributed by atoms with Gasteiger partial charge in [-0.1, -0.05) is 134 Å². The zero-order valence-corrected chi connectivity index (χ0v) is 31.0. The van der Waals surface area contributed by atoms with Gasteiger partial charge < -0.3 is 28.4 Å². The molecule has 2 atom stereocenters. The molecule has 4 aromatic carbocycles. The molecule has 4 aromatic rings. The van der Waals surface area contributed by atoms with Gasteiger partial charge in [0.2, 0.25) is 0 Å². The van der Waals surface area contributed by atoms with E-state index in [-0.39, 0.29) is 38.3 Å². The molecule has 2 unspecified atom stereocenters. The van der Waals surface area contributed by atoms with Crippen LogP contribution in [0.1, 0.15) is 61.8 Å². The molecule has 3 aliphatic heterocycles. The SMILES string of the molecule is CC1=C2C(=O)OCCOCCOCCOC(=O)C3=C(C)OC(c4ccccc4)(c4ccccc4)C3CCCCC2C(c2ccccc2)(c2ccccc2)O1. The van der Waals surface area contributed by atoms with Crippen LogP contribution in [0.15, 0.2) is 144 Å². The van der Waals surface area contributed by atoms with Crippen LogP contribution < -0.4 is 0 Å². The van der Waals surface area contributed by atoms with Crippen molar-refractivity contribution in [3.63, 3.8) is 0 Å². The van der Waals surface area contributed by atoms with Gasteiger partial charge in [0.15, 0.2) is 11.2 Å². The Morgan fingerprint density at radius 2 is 0.741 bits per heavy atom. The van der Waals surface area contributed by atoms with Gasteiger partial charge in [0.25, 0.3) is 0 Å². The summed E-state index contributed by atoms with van der Waals surface area (Å²) in [5.41, 5.74) is 3.00. The fourth-order valence-electron chi connectivity index (χ4n) is 8.58. The largest absolute Gasteiger partial charge is 0.481 e. The van der Waals surface area contributed by atoms with Gasteiger partial charge in [-0.05, 0) is 26.7 Å². The molecular weight excluding hydrogens is 680 g/mol. The van der Waals surface area contributed by atoms with Gasteiger partial charge in [-0.2, -0.15) is 0 Å². The van der Waals surface area contributed by atoms with E-state index in [1.54, 1.807) is 0 Å². The summed E-state index contributed by atoms with van der Waals surface area (Å²) in [6.07, 6.45) is 2.71. The van der Waals surface area contributed by atoms with Crippen LogP contribution in [0.25, 0.3) is 0 Å². The van der Waals surface area contributed by atoms with Crippen molar-refractivity contribution in [2.45, 2.75) is 50.7 Å². The normalized spacial score (nSPS) is 22.6. The zero-order chi connectivity index (χ0) is 37.4. The number of cyclic esters (lactones) is 2. The van der Waals surface area contributed by atoms with Crippen LogP contribution in [-0.2, 0) is 49.2 Å². The molecule has 3 aliphatic rings. The second kappa shape index (κ2) is 16.9. The van der Waals surface area contributed by atoms with Crippen molar-refractivity contribution in [2.24, 2.45) is 11.8 Å².